The van der Waals surface area contributed by atoms with Crippen LogP contribution in [0.3, 0.4) is 0 Å². The molecule has 0 spiro atoms. The van der Waals surface area contributed by atoms with Gasteiger partial charge in [0.2, 0.25) is 0 Å². The van der Waals surface area contributed by atoms with Crippen LogP contribution in [0.5, 0.6) is 5.75 Å². The lowest BCUT2D eigenvalue weighted by Crippen LogP contribution is -2.42. The first-order valence-corrected chi connectivity index (χ1v) is 10.2. The van der Waals surface area contributed by atoms with E-state index in [4.69, 9.17) is 9.15 Å². The largest absolute Gasteiger partial charge is 0.493 e. The fourth-order valence-electron chi connectivity index (χ4n) is 3.98. The van der Waals surface area contributed by atoms with Crippen LogP contribution in [-0.2, 0) is 0 Å². The van der Waals surface area contributed by atoms with Crippen molar-refractivity contribution in [2.75, 3.05) is 19.1 Å². The third kappa shape index (κ3) is 3.69. The third-order valence-corrected chi connectivity index (χ3v) is 5.93. The number of ether oxygens (including phenoxy) is 1. The number of carbonyl (C=O) groups excluding carboxylic acids is 1. The highest BCUT2D eigenvalue weighted by Gasteiger charge is 2.28. The molecule has 1 N–H and O–H groups in total. The quantitative estimate of drug-likeness (QED) is 0.471. The van der Waals surface area contributed by atoms with Gasteiger partial charge in [-0.2, -0.15) is 5.10 Å². The number of nitrogens with one attached hydrogen (secondary N) is 1. The Bertz CT molecular complexity index is 1230. The molecule has 4 rings (SSSR count). The topological polar surface area (TPSA) is 67.1 Å². The van der Waals surface area contributed by atoms with Gasteiger partial charge in [-0.3, -0.25) is 4.79 Å². The highest BCUT2D eigenvalue weighted by molar-refractivity contribution is 5.98. The van der Waals surface area contributed by atoms with Crippen molar-refractivity contribution in [3.05, 3.63) is 64.9 Å². The Hall–Kier alpha value is -3.54. The number of likely N-dealkylation sites (N-methyl/N-ethyl adjacent to an activating group) is 1. The van der Waals surface area contributed by atoms with Crippen LogP contribution in [-0.4, -0.2) is 31.8 Å². The zero-order valence-corrected chi connectivity index (χ0v) is 18.7. The number of para-hydroxylation sites is 1. The number of nitrogens with zero attached hydrogens (tertiary/aromatic N) is 2. The number of hydrazone groups is 1. The van der Waals surface area contributed by atoms with Crippen LogP contribution >= 0.6 is 0 Å². The predicted molar refractivity (Wildman–Crippen MR) is 125 cm³/mol. The zero-order chi connectivity index (χ0) is 22.3. The summed E-state index contributed by atoms with van der Waals surface area (Å²) in [6, 6.07) is 11.5. The van der Waals surface area contributed by atoms with E-state index in [2.05, 4.69) is 61.5 Å². The molecule has 0 saturated carbocycles. The van der Waals surface area contributed by atoms with Crippen LogP contribution in [0.2, 0.25) is 0 Å². The number of hydrogen-bond acceptors (Lipinski definition) is 5. The molecule has 0 saturated heterocycles. The molecular weight excluding hydrogens is 390 g/mol. The van der Waals surface area contributed by atoms with Crippen molar-refractivity contribution < 1.29 is 13.9 Å². The van der Waals surface area contributed by atoms with Crippen molar-refractivity contribution in [3.8, 4) is 5.75 Å². The summed E-state index contributed by atoms with van der Waals surface area (Å²) in [5.74, 6) is 0.352. The number of methoxy groups -OCH3 is 1. The van der Waals surface area contributed by atoms with Gasteiger partial charge in [-0.25, -0.2) is 5.43 Å². The number of aryl methyl sites for hydroxylation is 1. The first-order valence-electron chi connectivity index (χ1n) is 10.2. The van der Waals surface area contributed by atoms with Gasteiger partial charge < -0.3 is 14.1 Å². The molecule has 2 aromatic carbocycles. The average Bonchev–Trinajstić information content (AvgIpc) is 3.17. The molecule has 0 aliphatic carbocycles. The standard InChI is InChI=1S/C25H27N3O3/c1-15-10-20-19(16(2)13-25(3,4)28(20)5)11-18(15)14-26-27-24(29)22-12-17-8-7-9-21(30-6)23(17)31-22/h7-14H,1-6H3,(H,27,29)/b26-14+. The number of anilines is 1. The van der Waals surface area contributed by atoms with E-state index >= 15 is 0 Å². The van der Waals surface area contributed by atoms with Gasteiger partial charge >= 0.3 is 5.91 Å². The number of allylic oxidation sites excluding steroid dienone is 1. The Morgan fingerprint density at radius 3 is 2.74 bits per heavy atom. The van der Waals surface area contributed by atoms with E-state index in [0.717, 1.165) is 16.5 Å². The number of rotatable bonds is 4. The van der Waals surface area contributed by atoms with Gasteiger partial charge in [0.15, 0.2) is 17.1 Å². The first kappa shape index (κ1) is 20.7. The number of benzene rings is 2. The maximum absolute atomic E-state index is 12.5. The Morgan fingerprint density at radius 2 is 2.00 bits per heavy atom. The summed E-state index contributed by atoms with van der Waals surface area (Å²) in [4.78, 5) is 14.8. The molecular formula is C25H27N3O3. The van der Waals surface area contributed by atoms with Gasteiger partial charge in [-0.15, -0.1) is 0 Å². The lowest BCUT2D eigenvalue weighted by atomic mass is 9.87. The average molecular weight is 418 g/mol. The molecule has 6 nitrogen and oxygen atoms in total. The van der Waals surface area contributed by atoms with Crippen LogP contribution in [0.15, 0.2) is 52.0 Å². The second-order valence-corrected chi connectivity index (χ2v) is 8.45. The van der Waals surface area contributed by atoms with E-state index in [1.165, 1.54) is 16.8 Å². The normalized spacial score (nSPS) is 15.2. The predicted octanol–water partition coefficient (Wildman–Crippen LogP) is 5.15. The van der Waals surface area contributed by atoms with E-state index in [0.29, 0.717) is 11.3 Å². The fraction of sp³-hybridized carbons (Fsp3) is 0.280. The van der Waals surface area contributed by atoms with Gasteiger partial charge in [-0.1, -0.05) is 18.2 Å². The van der Waals surface area contributed by atoms with E-state index in [1.54, 1.807) is 25.5 Å². The van der Waals surface area contributed by atoms with Crippen molar-refractivity contribution in [2.45, 2.75) is 33.2 Å². The SMILES string of the molecule is COc1cccc2cc(C(=O)N/N=C/c3cc4c(cc3C)N(C)C(C)(C)C=C4C)oc12. The molecule has 3 aromatic rings. The molecule has 0 bridgehead atoms. The van der Waals surface area contributed by atoms with Gasteiger partial charge in [-0.05, 0) is 68.7 Å². The minimum Gasteiger partial charge on any atom is -0.493 e. The molecule has 0 atom stereocenters. The summed E-state index contributed by atoms with van der Waals surface area (Å²) in [5, 5.41) is 4.96. The lowest BCUT2D eigenvalue weighted by molar-refractivity contribution is 0.0929. The number of amides is 1. The number of hydrogen-bond donors (Lipinski definition) is 1. The Labute approximate surface area is 182 Å². The Morgan fingerprint density at radius 1 is 1.23 bits per heavy atom. The molecule has 6 heteroatoms. The van der Waals surface area contributed by atoms with Gasteiger partial charge in [0, 0.05) is 23.7 Å². The van der Waals surface area contributed by atoms with Gasteiger partial charge in [0.05, 0.1) is 18.9 Å². The zero-order valence-electron chi connectivity index (χ0n) is 18.7. The van der Waals surface area contributed by atoms with E-state index in [-0.39, 0.29) is 11.3 Å². The Kier molecular flexibility index (Phi) is 5.09. The lowest BCUT2D eigenvalue weighted by Gasteiger charge is -2.41. The molecule has 0 fully saturated rings. The van der Waals surface area contributed by atoms with E-state index in [9.17, 15) is 4.79 Å². The monoisotopic (exact) mass is 417 g/mol. The van der Waals surface area contributed by atoms with Gasteiger partial charge in [0.25, 0.3) is 0 Å². The summed E-state index contributed by atoms with van der Waals surface area (Å²) in [6.45, 7) is 8.57. The summed E-state index contributed by atoms with van der Waals surface area (Å²) in [5.41, 5.74) is 8.69. The van der Waals surface area contributed by atoms with Crippen LogP contribution in [0.25, 0.3) is 16.5 Å². The van der Waals surface area contributed by atoms with Crippen LogP contribution in [0, 0.1) is 6.92 Å². The van der Waals surface area contributed by atoms with Crippen molar-refractivity contribution in [2.24, 2.45) is 5.10 Å². The summed E-state index contributed by atoms with van der Waals surface area (Å²) in [6.07, 6.45) is 3.94. The van der Waals surface area contributed by atoms with Crippen molar-refractivity contribution in [3.63, 3.8) is 0 Å². The molecule has 1 aliphatic heterocycles. The second-order valence-electron chi connectivity index (χ2n) is 8.45. The molecule has 0 unspecified atom stereocenters. The third-order valence-electron chi connectivity index (χ3n) is 5.93. The first-order chi connectivity index (χ1) is 14.7. The molecule has 2 heterocycles. The number of furan rings is 1. The van der Waals surface area contributed by atoms with Gasteiger partial charge in [0.1, 0.15) is 0 Å². The van der Waals surface area contributed by atoms with Crippen LogP contribution in [0.4, 0.5) is 5.69 Å². The van der Waals surface area contributed by atoms with Crippen LogP contribution < -0.4 is 15.1 Å². The van der Waals surface area contributed by atoms with Crippen molar-refractivity contribution in [1.29, 1.82) is 0 Å². The van der Waals surface area contributed by atoms with E-state index < -0.39 is 5.91 Å². The van der Waals surface area contributed by atoms with E-state index in [1.807, 2.05) is 19.1 Å². The fourth-order valence-corrected chi connectivity index (χ4v) is 3.98. The molecule has 1 aliphatic rings. The minimum atomic E-state index is -0.414. The highest BCUT2D eigenvalue weighted by Crippen LogP contribution is 2.39. The smallest absolute Gasteiger partial charge is 0.307 e. The number of fused-ring (bicyclic) bond motifs is 2. The van der Waals surface area contributed by atoms with Crippen molar-refractivity contribution in [1.82, 2.24) is 5.43 Å². The summed E-state index contributed by atoms with van der Waals surface area (Å²) < 4.78 is 11.0. The molecule has 31 heavy (non-hydrogen) atoms. The molecule has 0 radical (unpaired) electrons. The summed E-state index contributed by atoms with van der Waals surface area (Å²) in [7, 11) is 3.68. The Balaban J connectivity index is 1.56. The van der Waals surface area contributed by atoms with Crippen LogP contribution in [0.1, 0.15) is 48.0 Å². The molecule has 1 amide bonds. The highest BCUT2D eigenvalue weighted by atomic mass is 16.5. The van der Waals surface area contributed by atoms with Crippen molar-refractivity contribution >= 4 is 34.4 Å². The number of carbonyl (C=O) groups is 1. The maximum Gasteiger partial charge on any atom is 0.307 e. The minimum absolute atomic E-state index is 0.0393. The maximum atomic E-state index is 12.5. The molecule has 160 valence electrons. The molecule has 1 aromatic heterocycles. The summed E-state index contributed by atoms with van der Waals surface area (Å²) >= 11 is 0. The second kappa shape index (κ2) is 7.61.